The van der Waals surface area contributed by atoms with Crippen molar-refractivity contribution in [2.45, 2.75) is 6.10 Å². The molecule has 11 nitrogen and oxygen atoms in total. The Bertz CT molecular complexity index is 1130. The van der Waals surface area contributed by atoms with Gasteiger partial charge in [0.25, 0.3) is 0 Å². The molecular weight excluding hydrogens is 445 g/mol. The van der Waals surface area contributed by atoms with E-state index in [1.165, 1.54) is 22.0 Å². The smallest absolute Gasteiger partial charge is 0.414 e. The zero-order valence-corrected chi connectivity index (χ0v) is 17.7. The highest BCUT2D eigenvalue weighted by atomic mass is 35.5. The summed E-state index contributed by atoms with van der Waals surface area (Å²) >= 11 is 0. The molecule has 1 amide bonds. The van der Waals surface area contributed by atoms with Crippen molar-refractivity contribution < 1.29 is 23.5 Å². The van der Waals surface area contributed by atoms with E-state index in [2.05, 4.69) is 20.4 Å². The largest absolute Gasteiger partial charge is 0.461 e. The Hall–Kier alpha value is -3.64. The number of carbonyl (C=O) groups is 2. The van der Waals surface area contributed by atoms with Crippen LogP contribution >= 0.6 is 12.4 Å². The first-order valence-corrected chi connectivity index (χ1v) is 9.29. The molecule has 1 fully saturated rings. The van der Waals surface area contributed by atoms with Crippen LogP contribution < -0.4 is 10.6 Å². The van der Waals surface area contributed by atoms with Crippen molar-refractivity contribution in [1.29, 1.82) is 0 Å². The van der Waals surface area contributed by atoms with Crippen molar-refractivity contribution >= 4 is 30.2 Å². The number of amides is 1. The Morgan fingerprint density at radius 2 is 2.16 bits per heavy atom. The van der Waals surface area contributed by atoms with Crippen LogP contribution in [0.25, 0.3) is 22.6 Å². The lowest BCUT2D eigenvalue weighted by atomic mass is 10.1. The summed E-state index contributed by atoms with van der Waals surface area (Å²) < 4.78 is 24.9. The van der Waals surface area contributed by atoms with Crippen LogP contribution in [0.5, 0.6) is 0 Å². The molecule has 0 spiro atoms. The van der Waals surface area contributed by atoms with Crippen LogP contribution in [0.1, 0.15) is 0 Å². The Balaban J connectivity index is 0.00000289. The third-order valence-electron chi connectivity index (χ3n) is 4.55. The second-order valence-electron chi connectivity index (χ2n) is 6.70. The summed E-state index contributed by atoms with van der Waals surface area (Å²) in [6.45, 7) is -0.253. The molecule has 0 aliphatic carbocycles. The molecule has 0 unspecified atom stereocenters. The van der Waals surface area contributed by atoms with Crippen LogP contribution in [-0.4, -0.2) is 63.1 Å². The van der Waals surface area contributed by atoms with Crippen LogP contribution in [0, 0.1) is 5.82 Å². The topological polar surface area (TPSA) is 138 Å². The molecule has 0 bridgehead atoms. The van der Waals surface area contributed by atoms with Crippen LogP contribution in [0.2, 0.25) is 0 Å². The minimum Gasteiger partial charge on any atom is -0.461 e. The van der Waals surface area contributed by atoms with E-state index >= 15 is 0 Å². The molecule has 0 radical (unpaired) electrons. The highest BCUT2D eigenvalue weighted by molar-refractivity contribution is 5.90. The molecular formula is C19H19ClFN7O4. The van der Waals surface area contributed by atoms with Crippen LogP contribution in [0.3, 0.4) is 0 Å². The number of rotatable bonds is 6. The van der Waals surface area contributed by atoms with Gasteiger partial charge < -0.3 is 15.2 Å². The first kappa shape index (κ1) is 23.0. The van der Waals surface area contributed by atoms with E-state index in [4.69, 9.17) is 15.2 Å². The number of carbonyl (C=O) groups excluding carboxylic acids is 2. The van der Waals surface area contributed by atoms with Gasteiger partial charge in [0.1, 0.15) is 18.1 Å². The van der Waals surface area contributed by atoms with E-state index < -0.39 is 24.0 Å². The van der Waals surface area contributed by atoms with Gasteiger partial charge >= 0.3 is 12.1 Å². The number of hydrogen-bond acceptors (Lipinski definition) is 9. The van der Waals surface area contributed by atoms with Gasteiger partial charge in [0.2, 0.25) is 5.82 Å². The van der Waals surface area contributed by atoms with Crippen molar-refractivity contribution in [3.05, 3.63) is 42.3 Å². The number of ether oxygens (including phenoxy) is 2. The minimum absolute atomic E-state index is 0. The van der Waals surface area contributed by atoms with Crippen LogP contribution in [0.4, 0.5) is 14.9 Å². The van der Waals surface area contributed by atoms with Gasteiger partial charge in [-0.25, -0.2) is 9.18 Å². The number of aromatic nitrogens is 5. The van der Waals surface area contributed by atoms with Gasteiger partial charge in [-0.05, 0) is 29.5 Å². The first-order chi connectivity index (χ1) is 14.9. The normalized spacial score (nSPS) is 15.3. The van der Waals surface area contributed by atoms with Crippen molar-refractivity contribution in [2.75, 3.05) is 24.6 Å². The maximum Gasteiger partial charge on any atom is 0.414 e. The number of nitrogens with zero attached hydrogens (tertiary/aromatic N) is 6. The van der Waals surface area contributed by atoms with E-state index in [1.54, 1.807) is 31.3 Å². The zero-order valence-electron chi connectivity index (χ0n) is 16.8. The summed E-state index contributed by atoms with van der Waals surface area (Å²) in [4.78, 5) is 30.1. The van der Waals surface area contributed by atoms with Crippen LogP contribution in [-0.2, 0) is 21.3 Å². The molecule has 1 atom stereocenters. The molecule has 2 N–H and O–H groups in total. The second-order valence-corrected chi connectivity index (χ2v) is 6.70. The average Bonchev–Trinajstić information content (AvgIpc) is 3.37. The first-order valence-electron chi connectivity index (χ1n) is 9.29. The summed E-state index contributed by atoms with van der Waals surface area (Å²) in [5, 5.41) is 11.7. The van der Waals surface area contributed by atoms with E-state index in [9.17, 15) is 14.0 Å². The Morgan fingerprint density at radius 1 is 1.34 bits per heavy atom. The third-order valence-corrected chi connectivity index (χ3v) is 4.55. The summed E-state index contributed by atoms with van der Waals surface area (Å²) in [7, 11) is 1.65. The van der Waals surface area contributed by atoms with Gasteiger partial charge in [0.05, 0.1) is 25.8 Å². The highest BCUT2D eigenvalue weighted by Crippen LogP contribution is 2.29. The van der Waals surface area contributed by atoms with Crippen molar-refractivity contribution in [3.8, 4) is 22.6 Å². The molecule has 1 aromatic carbocycles. The second kappa shape index (κ2) is 9.66. The van der Waals surface area contributed by atoms with Crippen LogP contribution in [0.15, 0.2) is 36.5 Å². The molecule has 168 valence electrons. The number of halogens is 2. The molecule has 3 aromatic rings. The van der Waals surface area contributed by atoms with Gasteiger partial charge in [-0.1, -0.05) is 6.07 Å². The summed E-state index contributed by atoms with van der Waals surface area (Å²) in [6.07, 6.45) is 0.205. The molecule has 3 heterocycles. The number of cyclic esters (lactones) is 1. The molecule has 13 heteroatoms. The predicted octanol–water partition coefficient (Wildman–Crippen LogP) is 1.33. The number of tetrazole rings is 1. The molecule has 1 aliphatic heterocycles. The number of anilines is 1. The summed E-state index contributed by atoms with van der Waals surface area (Å²) in [5.74, 6) is -0.765. The predicted molar refractivity (Wildman–Crippen MR) is 112 cm³/mol. The Labute approximate surface area is 187 Å². The minimum atomic E-state index is -0.655. The van der Waals surface area contributed by atoms with Gasteiger partial charge in [0, 0.05) is 17.3 Å². The Kier molecular flexibility index (Phi) is 6.95. The quantitative estimate of drug-likeness (QED) is 0.536. The zero-order chi connectivity index (χ0) is 22.0. The number of hydrogen-bond donors (Lipinski definition) is 1. The Morgan fingerprint density at radius 3 is 2.78 bits per heavy atom. The molecule has 0 saturated carbocycles. The van der Waals surface area contributed by atoms with E-state index in [1.807, 2.05) is 0 Å². The van der Waals surface area contributed by atoms with Gasteiger partial charge in [-0.15, -0.1) is 22.6 Å². The lowest BCUT2D eigenvalue weighted by molar-refractivity contribution is -0.144. The molecule has 2 aromatic heterocycles. The van der Waals surface area contributed by atoms with E-state index in [0.29, 0.717) is 28.3 Å². The van der Waals surface area contributed by atoms with E-state index in [0.717, 1.165) is 0 Å². The highest BCUT2D eigenvalue weighted by Gasteiger charge is 2.33. The van der Waals surface area contributed by atoms with Gasteiger partial charge in [0.15, 0.2) is 6.10 Å². The van der Waals surface area contributed by atoms with Crippen molar-refractivity contribution in [3.63, 3.8) is 0 Å². The fourth-order valence-corrected chi connectivity index (χ4v) is 3.04. The van der Waals surface area contributed by atoms with Crippen molar-refractivity contribution in [2.24, 2.45) is 12.8 Å². The number of nitrogens with two attached hydrogens (primary N) is 1. The van der Waals surface area contributed by atoms with Gasteiger partial charge in [-0.2, -0.15) is 4.80 Å². The third kappa shape index (κ3) is 4.81. The number of aryl methyl sites for hydroxylation is 1. The number of pyridine rings is 1. The number of benzene rings is 1. The van der Waals surface area contributed by atoms with Gasteiger partial charge in [-0.3, -0.25) is 14.7 Å². The summed E-state index contributed by atoms with van der Waals surface area (Å²) in [6, 6.07) is 7.76. The fourth-order valence-electron chi connectivity index (χ4n) is 3.04. The molecule has 1 aliphatic rings. The lowest BCUT2D eigenvalue weighted by Crippen LogP contribution is -2.28. The fraction of sp³-hybridized carbons (Fsp3) is 0.263. The monoisotopic (exact) mass is 463 g/mol. The number of esters is 1. The molecule has 32 heavy (non-hydrogen) atoms. The lowest BCUT2D eigenvalue weighted by Gasteiger charge is -2.14. The standard InChI is InChI=1S/C19H18FN7O4.ClH/c1-26-24-18(23-25-26)16-5-2-11(8-22-16)14-4-3-12(6-15(14)20)27-9-13(31-19(27)29)10-30-17(28)7-21;/h2-6,8,13H,7,9-10,21H2,1H3;1H/t13-;/m1./s1. The maximum absolute atomic E-state index is 14.8. The SMILES string of the molecule is Cl.Cn1nnc(-c2ccc(-c3ccc(N4C[C@H](COC(=O)CN)OC4=O)cc3F)cn2)n1. The molecule has 1 saturated heterocycles. The molecule has 4 rings (SSSR count). The van der Waals surface area contributed by atoms with Crippen molar-refractivity contribution in [1.82, 2.24) is 25.2 Å². The average molecular weight is 464 g/mol. The summed E-state index contributed by atoms with van der Waals surface area (Å²) in [5.41, 5.74) is 6.87. The van der Waals surface area contributed by atoms with E-state index in [-0.39, 0.29) is 32.1 Å². The maximum atomic E-state index is 14.8.